The Morgan fingerprint density at radius 3 is 2.48 bits per heavy atom. The predicted octanol–water partition coefficient (Wildman–Crippen LogP) is 4.93. The molecule has 0 aliphatic heterocycles. The molecular weight excluding hydrogens is 548 g/mol. The molecule has 0 saturated heterocycles. The van der Waals surface area contributed by atoms with Crippen molar-refractivity contribution >= 4 is 41.8 Å². The molecule has 2 bridgehead atoms. The van der Waals surface area contributed by atoms with Gasteiger partial charge in [0.25, 0.3) is 0 Å². The third-order valence-electron chi connectivity index (χ3n) is 10.9. The highest BCUT2D eigenvalue weighted by molar-refractivity contribution is 8.01. The summed E-state index contributed by atoms with van der Waals surface area (Å²) in [5.41, 5.74) is 4.49. The molecular formula is C31H53ClN2O5S. The number of ketones is 1. The van der Waals surface area contributed by atoms with Crippen LogP contribution in [0.2, 0.25) is 0 Å². The normalized spacial score (nSPS) is 38.4. The number of hydrogen-bond acceptors (Lipinski definition) is 7. The van der Waals surface area contributed by atoms with Gasteiger partial charge < -0.3 is 20.9 Å². The fraction of sp³-hybridized carbons (Fsp3) is 0.839. The highest BCUT2D eigenvalue weighted by atomic mass is 35.5. The summed E-state index contributed by atoms with van der Waals surface area (Å²) < 4.78 is 5.92. The van der Waals surface area contributed by atoms with E-state index < -0.39 is 33.8 Å². The number of nitrogens with two attached hydrogens (primary N) is 1. The maximum atomic E-state index is 13.5. The predicted molar refractivity (Wildman–Crippen MR) is 164 cm³/mol. The first-order valence-corrected chi connectivity index (χ1v) is 15.6. The van der Waals surface area contributed by atoms with Gasteiger partial charge in [0.2, 0.25) is 5.91 Å². The van der Waals surface area contributed by atoms with E-state index in [9.17, 15) is 19.5 Å². The van der Waals surface area contributed by atoms with Crippen molar-refractivity contribution in [3.63, 3.8) is 0 Å². The van der Waals surface area contributed by atoms with Gasteiger partial charge in [-0.2, -0.15) is 0 Å². The molecule has 0 radical (unpaired) electrons. The van der Waals surface area contributed by atoms with E-state index in [1.807, 2.05) is 40.7 Å². The molecule has 3 aliphatic carbocycles. The van der Waals surface area contributed by atoms with Crippen LogP contribution in [0.5, 0.6) is 0 Å². The summed E-state index contributed by atoms with van der Waals surface area (Å²) in [4.78, 5) is 39.2. The molecule has 3 fully saturated rings. The van der Waals surface area contributed by atoms with Crippen LogP contribution in [-0.4, -0.2) is 58.1 Å². The highest BCUT2D eigenvalue weighted by Crippen LogP contribution is 2.68. The second-order valence-corrected chi connectivity index (χ2v) is 15.8. The van der Waals surface area contributed by atoms with E-state index in [1.54, 1.807) is 0 Å². The van der Waals surface area contributed by atoms with Crippen molar-refractivity contribution in [2.75, 3.05) is 12.3 Å². The topological polar surface area (TPSA) is 119 Å². The number of Topliss-reactive ketones (excluding diaryl/α,β-unsaturated/α-hetero) is 1. The Balaban J connectivity index is 0.00000560. The van der Waals surface area contributed by atoms with Crippen molar-refractivity contribution in [1.82, 2.24) is 5.32 Å². The number of carbonyl (C=O) groups is 3. The van der Waals surface area contributed by atoms with Crippen LogP contribution in [0.15, 0.2) is 12.7 Å². The Hall–Kier alpha value is -1.09. The Morgan fingerprint density at radius 2 is 1.90 bits per heavy atom. The summed E-state index contributed by atoms with van der Waals surface area (Å²) in [7, 11) is 0. The van der Waals surface area contributed by atoms with Crippen molar-refractivity contribution in [2.24, 2.45) is 45.7 Å². The summed E-state index contributed by atoms with van der Waals surface area (Å²) in [6.07, 6.45) is 4.17. The van der Waals surface area contributed by atoms with Crippen molar-refractivity contribution in [3.8, 4) is 0 Å². The first-order chi connectivity index (χ1) is 17.9. The van der Waals surface area contributed by atoms with E-state index in [0.717, 1.165) is 19.3 Å². The van der Waals surface area contributed by atoms with Crippen molar-refractivity contribution in [1.29, 1.82) is 0 Å². The molecule has 0 aromatic heterocycles. The van der Waals surface area contributed by atoms with Gasteiger partial charge in [0.1, 0.15) is 11.9 Å². The molecule has 4 N–H and O–H groups in total. The van der Waals surface area contributed by atoms with Crippen LogP contribution in [0.4, 0.5) is 0 Å². The van der Waals surface area contributed by atoms with E-state index in [1.165, 1.54) is 11.8 Å². The SMILES string of the molecule is C=C[C@]1(C)C[C@@H](OC(=O)CSC(C)(C)CNC(=O)[C@H](N)C(C)C)[C@]2(C)[C@@H]3C(=O)CC[C@@]3(CC[C@@H]2C)[C@@H](C)[C@@H]1O.Cl. The van der Waals surface area contributed by atoms with Gasteiger partial charge in [-0.15, -0.1) is 30.7 Å². The molecule has 9 atom stereocenters. The van der Waals surface area contributed by atoms with Gasteiger partial charge in [-0.1, -0.05) is 47.6 Å². The lowest BCUT2D eigenvalue weighted by Gasteiger charge is -2.61. The number of hydrogen-bond donors (Lipinski definition) is 3. The fourth-order valence-corrected chi connectivity index (χ4v) is 8.47. The molecule has 9 heteroatoms. The first-order valence-electron chi connectivity index (χ1n) is 14.7. The average molecular weight is 601 g/mol. The summed E-state index contributed by atoms with van der Waals surface area (Å²) in [5, 5.41) is 14.6. The number of halogens is 1. The molecule has 7 nitrogen and oxygen atoms in total. The van der Waals surface area contributed by atoms with E-state index in [2.05, 4.69) is 32.7 Å². The number of nitrogens with one attached hydrogen (secondary N) is 1. The zero-order valence-electron chi connectivity index (χ0n) is 25.7. The van der Waals surface area contributed by atoms with Gasteiger partial charge in [-0.3, -0.25) is 14.4 Å². The van der Waals surface area contributed by atoms with Gasteiger partial charge in [0, 0.05) is 34.5 Å². The molecule has 40 heavy (non-hydrogen) atoms. The molecule has 3 rings (SSSR count). The Bertz CT molecular complexity index is 975. The highest BCUT2D eigenvalue weighted by Gasteiger charge is 2.68. The minimum atomic E-state index is -0.684. The lowest BCUT2D eigenvalue weighted by Crippen LogP contribution is -2.63. The quantitative estimate of drug-likeness (QED) is 0.254. The number of aliphatic hydroxyl groups excluding tert-OH is 1. The maximum absolute atomic E-state index is 13.5. The van der Waals surface area contributed by atoms with E-state index >= 15 is 0 Å². The summed E-state index contributed by atoms with van der Waals surface area (Å²) in [6, 6.07) is -0.573. The third kappa shape index (κ3) is 6.30. The number of thioether (sulfide) groups is 1. The zero-order valence-corrected chi connectivity index (χ0v) is 27.4. The molecule has 3 aliphatic rings. The van der Waals surface area contributed by atoms with Gasteiger partial charge >= 0.3 is 5.97 Å². The Labute approximate surface area is 252 Å². The van der Waals surface area contributed by atoms with E-state index in [0.29, 0.717) is 19.4 Å². The number of amides is 1. The van der Waals surface area contributed by atoms with Crippen molar-refractivity contribution in [3.05, 3.63) is 12.7 Å². The van der Waals surface area contributed by atoms with Crippen LogP contribution in [-0.2, 0) is 19.1 Å². The standard InChI is InChI=1S/C31H52N2O5S.ClH/c1-10-29(8)15-22(38-23(35)16-39-28(6,7)17-33-27(37)24(32)18(2)3)30(9)19(4)11-13-31(20(5)26(29)36)14-12-21(34)25(30)31;/h10,18-20,22,24-26,36H,1,11-17,32H2,2-9H3,(H,33,37);1H/t19-,20-,22+,24+,25-,26-,29+,30+,31-;/m0./s1. The zero-order chi connectivity index (χ0) is 29.6. The molecule has 230 valence electrons. The maximum Gasteiger partial charge on any atom is 0.316 e. The molecule has 0 spiro atoms. The van der Waals surface area contributed by atoms with E-state index in [-0.39, 0.29) is 64.9 Å². The van der Waals surface area contributed by atoms with Gasteiger partial charge in [0.15, 0.2) is 0 Å². The number of carbonyl (C=O) groups excluding carboxylic acids is 3. The smallest absolute Gasteiger partial charge is 0.316 e. The average Bonchev–Trinajstić information content (AvgIpc) is 3.24. The van der Waals surface area contributed by atoms with E-state index in [4.69, 9.17) is 10.5 Å². The molecule has 0 aromatic carbocycles. The van der Waals surface area contributed by atoms with Crippen LogP contribution in [0.3, 0.4) is 0 Å². The lowest BCUT2D eigenvalue weighted by atomic mass is 9.44. The lowest BCUT2D eigenvalue weighted by molar-refractivity contribution is -0.205. The summed E-state index contributed by atoms with van der Waals surface area (Å²) in [6.45, 7) is 20.7. The Morgan fingerprint density at radius 1 is 1.27 bits per heavy atom. The molecule has 0 heterocycles. The minimum absolute atomic E-state index is 0. The third-order valence-corrected chi connectivity index (χ3v) is 12.2. The van der Waals surface area contributed by atoms with Gasteiger partial charge in [0.05, 0.1) is 17.9 Å². The molecule has 3 saturated carbocycles. The van der Waals surface area contributed by atoms with Crippen LogP contribution < -0.4 is 11.1 Å². The number of rotatable bonds is 9. The fourth-order valence-electron chi connectivity index (χ4n) is 7.72. The summed E-state index contributed by atoms with van der Waals surface area (Å²) >= 11 is 1.43. The number of ether oxygens (including phenoxy) is 1. The molecule has 1 amide bonds. The van der Waals surface area contributed by atoms with Crippen molar-refractivity contribution < 1.29 is 24.2 Å². The first kappa shape index (κ1) is 35.1. The van der Waals surface area contributed by atoms with Crippen LogP contribution >= 0.6 is 24.2 Å². The van der Waals surface area contributed by atoms with Crippen LogP contribution in [0, 0.1) is 39.9 Å². The van der Waals surface area contributed by atoms with Gasteiger partial charge in [-0.25, -0.2) is 0 Å². The molecule has 0 unspecified atom stereocenters. The summed E-state index contributed by atoms with van der Waals surface area (Å²) in [5.74, 6) is -0.243. The molecule has 0 aromatic rings. The van der Waals surface area contributed by atoms with Crippen LogP contribution in [0.25, 0.3) is 0 Å². The van der Waals surface area contributed by atoms with Crippen molar-refractivity contribution in [2.45, 2.75) is 110 Å². The second-order valence-electron chi connectivity index (χ2n) is 14.1. The Kier molecular flexibility index (Phi) is 11.1. The van der Waals surface area contributed by atoms with Gasteiger partial charge in [-0.05, 0) is 62.7 Å². The monoisotopic (exact) mass is 600 g/mol. The number of aliphatic hydroxyl groups is 1. The largest absolute Gasteiger partial charge is 0.461 e. The van der Waals surface area contributed by atoms with Crippen LogP contribution in [0.1, 0.15) is 87.5 Å². The number of esters is 1. The minimum Gasteiger partial charge on any atom is -0.461 e. The second kappa shape index (κ2) is 12.6.